The Morgan fingerprint density at radius 3 is 2.52 bits per heavy atom. The van der Waals surface area contributed by atoms with Gasteiger partial charge in [-0.3, -0.25) is 14.6 Å². The molecule has 0 bridgehead atoms. The second kappa shape index (κ2) is 7.06. The normalized spacial score (nSPS) is 25.0. The van der Waals surface area contributed by atoms with Crippen LogP contribution in [0.15, 0.2) is 40.7 Å². The highest BCUT2D eigenvalue weighted by molar-refractivity contribution is 6.31. The van der Waals surface area contributed by atoms with Crippen molar-refractivity contribution in [2.75, 3.05) is 7.05 Å². The lowest BCUT2D eigenvalue weighted by atomic mass is 10.1. The van der Waals surface area contributed by atoms with Crippen LogP contribution in [-0.2, 0) is 11.3 Å². The van der Waals surface area contributed by atoms with Crippen molar-refractivity contribution in [1.82, 2.24) is 19.6 Å². The van der Waals surface area contributed by atoms with E-state index < -0.39 is 12.2 Å². The molecular formula is C21H26ClN5O2. The maximum absolute atomic E-state index is 13.5. The predicted molar refractivity (Wildman–Crippen MR) is 112 cm³/mol. The Kier molecular flexibility index (Phi) is 4.81. The van der Waals surface area contributed by atoms with Crippen LogP contribution in [0.1, 0.15) is 39.7 Å². The summed E-state index contributed by atoms with van der Waals surface area (Å²) >= 11 is 6.28. The highest BCUT2D eigenvalue weighted by atomic mass is 35.5. The molecule has 1 saturated heterocycles. The summed E-state index contributed by atoms with van der Waals surface area (Å²) in [7, 11) is 1.71. The Morgan fingerprint density at radius 1 is 1.17 bits per heavy atom. The lowest BCUT2D eigenvalue weighted by Gasteiger charge is -2.41. The van der Waals surface area contributed by atoms with E-state index in [4.69, 9.17) is 16.6 Å². The van der Waals surface area contributed by atoms with Gasteiger partial charge in [-0.05, 0) is 38.8 Å². The number of fused-ring (bicyclic) bond motifs is 3. The molecule has 0 spiro atoms. The van der Waals surface area contributed by atoms with Crippen LogP contribution in [0.4, 0.5) is 4.79 Å². The minimum absolute atomic E-state index is 0.144. The van der Waals surface area contributed by atoms with E-state index >= 15 is 0 Å². The zero-order chi connectivity index (χ0) is 21.0. The molecule has 0 aliphatic carbocycles. The lowest BCUT2D eigenvalue weighted by Crippen LogP contribution is -2.64. The summed E-state index contributed by atoms with van der Waals surface area (Å²) in [5.74, 6) is 0.520. The molecule has 1 aromatic carbocycles. The van der Waals surface area contributed by atoms with E-state index in [1.165, 1.54) is 4.90 Å². The van der Waals surface area contributed by atoms with Gasteiger partial charge in [0.1, 0.15) is 0 Å². The molecule has 8 heteroatoms. The third kappa shape index (κ3) is 2.82. The molecule has 29 heavy (non-hydrogen) atoms. The number of carbonyl (C=O) groups excluding carboxylic acids is 2. The van der Waals surface area contributed by atoms with Crippen molar-refractivity contribution in [3.8, 4) is 0 Å². The maximum Gasteiger partial charge on any atom is 0.328 e. The summed E-state index contributed by atoms with van der Waals surface area (Å²) in [5.41, 5.74) is 2.85. The van der Waals surface area contributed by atoms with Crippen LogP contribution < -0.4 is 0 Å². The molecule has 3 unspecified atom stereocenters. The van der Waals surface area contributed by atoms with E-state index in [-0.39, 0.29) is 24.5 Å². The highest BCUT2D eigenvalue weighted by Gasteiger charge is 2.56. The van der Waals surface area contributed by atoms with Gasteiger partial charge in [0, 0.05) is 29.5 Å². The number of rotatable bonds is 4. The second-order valence-corrected chi connectivity index (χ2v) is 8.27. The summed E-state index contributed by atoms with van der Waals surface area (Å²) in [6.07, 6.45) is 0.427. The number of urea groups is 1. The van der Waals surface area contributed by atoms with Crippen molar-refractivity contribution < 1.29 is 9.59 Å². The van der Waals surface area contributed by atoms with Gasteiger partial charge in [0.2, 0.25) is 5.96 Å². The number of allylic oxidation sites excluding steroid dienone is 2. The highest BCUT2D eigenvalue weighted by Crippen LogP contribution is 2.39. The molecule has 3 aliphatic heterocycles. The molecule has 0 N–H and O–H groups in total. The number of guanidine groups is 1. The largest absolute Gasteiger partial charge is 0.328 e. The van der Waals surface area contributed by atoms with Crippen LogP contribution >= 0.6 is 11.6 Å². The first-order valence-corrected chi connectivity index (χ1v) is 10.3. The number of carbonyl (C=O) groups is 2. The quantitative estimate of drug-likeness (QED) is 0.755. The first kappa shape index (κ1) is 19.8. The molecule has 3 aliphatic rings. The van der Waals surface area contributed by atoms with Crippen LogP contribution in [0.25, 0.3) is 0 Å². The van der Waals surface area contributed by atoms with Gasteiger partial charge in [-0.2, -0.15) is 0 Å². The van der Waals surface area contributed by atoms with Crippen molar-refractivity contribution >= 4 is 29.5 Å². The van der Waals surface area contributed by atoms with Gasteiger partial charge in [0.05, 0.1) is 6.54 Å². The van der Waals surface area contributed by atoms with E-state index in [1.54, 1.807) is 18.0 Å². The van der Waals surface area contributed by atoms with Crippen molar-refractivity contribution in [2.45, 2.75) is 58.9 Å². The minimum Gasteiger partial charge on any atom is -0.312 e. The monoisotopic (exact) mass is 415 g/mol. The van der Waals surface area contributed by atoms with Gasteiger partial charge >= 0.3 is 6.03 Å². The molecule has 1 fully saturated rings. The Hall–Kier alpha value is -2.54. The van der Waals surface area contributed by atoms with E-state index in [9.17, 15) is 9.59 Å². The topological polar surface area (TPSA) is 59.5 Å². The van der Waals surface area contributed by atoms with Gasteiger partial charge in [-0.1, -0.05) is 36.7 Å². The zero-order valence-corrected chi connectivity index (χ0v) is 18.1. The van der Waals surface area contributed by atoms with Crippen LogP contribution in [0, 0.1) is 0 Å². The summed E-state index contributed by atoms with van der Waals surface area (Å²) in [4.78, 5) is 38.4. The second-order valence-electron chi connectivity index (χ2n) is 7.86. The van der Waals surface area contributed by atoms with Gasteiger partial charge in [-0.25, -0.2) is 9.79 Å². The Labute approximate surface area is 176 Å². The van der Waals surface area contributed by atoms with Crippen molar-refractivity contribution in [2.24, 2.45) is 4.99 Å². The van der Waals surface area contributed by atoms with Crippen LogP contribution in [0.2, 0.25) is 5.02 Å². The minimum atomic E-state index is -0.556. The van der Waals surface area contributed by atoms with Crippen molar-refractivity contribution in [3.05, 3.63) is 46.2 Å². The average Bonchev–Trinajstić information content (AvgIpc) is 3.20. The number of halogens is 1. The molecule has 154 valence electrons. The fraction of sp³-hybridized carbons (Fsp3) is 0.476. The van der Waals surface area contributed by atoms with Gasteiger partial charge in [0.25, 0.3) is 5.91 Å². The average molecular weight is 416 g/mol. The van der Waals surface area contributed by atoms with Crippen LogP contribution in [-0.4, -0.2) is 62.8 Å². The molecule has 0 radical (unpaired) electrons. The van der Waals surface area contributed by atoms with E-state index in [0.717, 1.165) is 29.3 Å². The van der Waals surface area contributed by atoms with Gasteiger partial charge < -0.3 is 9.80 Å². The van der Waals surface area contributed by atoms with E-state index in [2.05, 4.69) is 25.7 Å². The third-order valence-corrected chi connectivity index (χ3v) is 6.62. The van der Waals surface area contributed by atoms with E-state index in [1.807, 2.05) is 30.0 Å². The number of likely N-dealkylation sites (N-methyl/N-ethyl adjacent to an activating group) is 1. The van der Waals surface area contributed by atoms with E-state index in [0.29, 0.717) is 5.02 Å². The van der Waals surface area contributed by atoms with Gasteiger partial charge in [-0.15, -0.1) is 0 Å². The first-order chi connectivity index (χ1) is 13.8. The predicted octanol–water partition coefficient (Wildman–Crippen LogP) is 3.47. The number of amides is 3. The fourth-order valence-corrected chi connectivity index (χ4v) is 4.49. The number of imide groups is 1. The SMILES string of the molecule is CCC(C)N1C2=NC3C(C(=O)N(Cc4ccccc4Cl)C(=O)N3C)N2C(C)=C1C. The molecule has 3 amide bonds. The number of hydrogen-bond donors (Lipinski definition) is 0. The standard InChI is InChI=1S/C21H26ClN5O2/c1-6-12(2)26-13(3)14(4)27-17-18(23-20(26)27)24(5)21(29)25(19(17)28)11-15-9-7-8-10-16(15)22/h7-10,12,17-18H,6,11H2,1-5H3. The Morgan fingerprint density at radius 2 is 1.86 bits per heavy atom. The summed E-state index contributed by atoms with van der Waals surface area (Å²) in [6.45, 7) is 8.49. The Bertz CT molecular complexity index is 943. The molecule has 3 heterocycles. The van der Waals surface area contributed by atoms with Crippen LogP contribution in [0.5, 0.6) is 0 Å². The number of benzene rings is 1. The number of aliphatic imine (C=N–C) groups is 1. The zero-order valence-electron chi connectivity index (χ0n) is 17.4. The lowest BCUT2D eigenvalue weighted by molar-refractivity contribution is -0.137. The molecule has 4 rings (SSSR count). The Balaban J connectivity index is 1.70. The van der Waals surface area contributed by atoms with Gasteiger partial charge in [0.15, 0.2) is 12.2 Å². The van der Waals surface area contributed by atoms with Crippen LogP contribution in [0.3, 0.4) is 0 Å². The number of hydrogen-bond acceptors (Lipinski definition) is 5. The third-order valence-electron chi connectivity index (χ3n) is 6.25. The first-order valence-electron chi connectivity index (χ1n) is 9.93. The molecule has 1 aromatic rings. The fourth-order valence-electron chi connectivity index (χ4n) is 4.29. The van der Waals surface area contributed by atoms with Crippen molar-refractivity contribution in [3.63, 3.8) is 0 Å². The molecule has 7 nitrogen and oxygen atoms in total. The summed E-state index contributed by atoms with van der Waals surface area (Å²) < 4.78 is 0. The smallest absolute Gasteiger partial charge is 0.312 e. The summed E-state index contributed by atoms with van der Waals surface area (Å²) in [5, 5.41) is 0.539. The molecule has 0 aromatic heterocycles. The molecule has 0 saturated carbocycles. The maximum atomic E-state index is 13.5. The van der Waals surface area contributed by atoms with Crippen molar-refractivity contribution in [1.29, 1.82) is 0 Å². The number of nitrogens with zero attached hydrogens (tertiary/aromatic N) is 5. The summed E-state index contributed by atoms with van der Waals surface area (Å²) in [6, 6.07) is 6.62. The molecular weight excluding hydrogens is 390 g/mol. The molecule has 3 atom stereocenters.